The summed E-state index contributed by atoms with van der Waals surface area (Å²) in [6.45, 7) is 2.05. The highest BCUT2D eigenvalue weighted by Crippen LogP contribution is 2.31. The summed E-state index contributed by atoms with van der Waals surface area (Å²) in [5, 5.41) is 0. The number of ketones is 1. The highest BCUT2D eigenvalue weighted by molar-refractivity contribution is 5.87. The number of carbonyl (C=O) groups is 1. The van der Waals surface area contributed by atoms with Crippen LogP contribution in [0.1, 0.15) is 58.3 Å². The first-order valence-corrected chi connectivity index (χ1v) is 5.83. The minimum Gasteiger partial charge on any atom is -0.370 e. The molecule has 0 aromatic carbocycles. The highest BCUT2D eigenvalue weighted by atomic mass is 16.5. The fourth-order valence-corrected chi connectivity index (χ4v) is 2.35. The maximum Gasteiger partial charge on any atom is 0.164 e. The Hall–Kier alpha value is -0.370. The van der Waals surface area contributed by atoms with Gasteiger partial charge in [-0.1, -0.05) is 32.6 Å². The molecule has 1 saturated carbocycles. The molecule has 0 radical (unpaired) electrons. The third kappa shape index (κ3) is 2.57. The Labute approximate surface area is 87.0 Å². The smallest absolute Gasteiger partial charge is 0.164 e. The quantitative estimate of drug-likeness (QED) is 0.649. The molecule has 1 aliphatic carbocycles. The van der Waals surface area contributed by atoms with Crippen LogP contribution in [0, 0.1) is 0 Å². The van der Waals surface area contributed by atoms with Gasteiger partial charge in [0.05, 0.1) is 0 Å². The van der Waals surface area contributed by atoms with Gasteiger partial charge in [-0.2, -0.15) is 0 Å². The number of rotatable bonds is 4. The van der Waals surface area contributed by atoms with Crippen LogP contribution in [0.4, 0.5) is 0 Å². The third-order valence-corrected chi connectivity index (χ3v) is 3.29. The second kappa shape index (κ2) is 5.50. The van der Waals surface area contributed by atoms with Crippen LogP contribution in [-0.2, 0) is 9.53 Å². The monoisotopic (exact) mass is 198 g/mol. The number of hydrogen-bond acceptors (Lipinski definition) is 2. The standard InChI is InChI=1S/C12H22O2/c1-3-8-11(13)12(14-2)9-6-4-5-7-10-12/h3-10H2,1-2H3. The van der Waals surface area contributed by atoms with Gasteiger partial charge in [0.25, 0.3) is 0 Å². The van der Waals surface area contributed by atoms with Crippen molar-refractivity contribution in [2.45, 2.75) is 63.9 Å². The van der Waals surface area contributed by atoms with Crippen molar-refractivity contribution >= 4 is 5.78 Å². The summed E-state index contributed by atoms with van der Waals surface area (Å²) in [7, 11) is 1.69. The van der Waals surface area contributed by atoms with Crippen LogP contribution in [0.25, 0.3) is 0 Å². The lowest BCUT2D eigenvalue weighted by Crippen LogP contribution is -2.40. The van der Waals surface area contributed by atoms with E-state index in [2.05, 4.69) is 6.92 Å². The Kier molecular flexibility index (Phi) is 4.59. The zero-order valence-corrected chi connectivity index (χ0v) is 9.47. The summed E-state index contributed by atoms with van der Waals surface area (Å²) < 4.78 is 5.52. The largest absolute Gasteiger partial charge is 0.370 e. The van der Waals surface area contributed by atoms with E-state index in [9.17, 15) is 4.79 Å². The Morgan fingerprint density at radius 2 is 1.79 bits per heavy atom. The molecule has 0 spiro atoms. The molecule has 1 fully saturated rings. The predicted molar refractivity (Wildman–Crippen MR) is 57.4 cm³/mol. The van der Waals surface area contributed by atoms with Gasteiger partial charge in [0, 0.05) is 13.5 Å². The zero-order valence-electron chi connectivity index (χ0n) is 9.47. The lowest BCUT2D eigenvalue weighted by molar-refractivity contribution is -0.142. The Bertz CT molecular complexity index is 179. The van der Waals surface area contributed by atoms with Gasteiger partial charge < -0.3 is 4.74 Å². The summed E-state index contributed by atoms with van der Waals surface area (Å²) in [5.74, 6) is 0.324. The first kappa shape index (κ1) is 11.7. The van der Waals surface area contributed by atoms with Crippen molar-refractivity contribution in [3.05, 3.63) is 0 Å². The van der Waals surface area contributed by atoms with Crippen LogP contribution < -0.4 is 0 Å². The molecule has 0 amide bonds. The van der Waals surface area contributed by atoms with E-state index in [1.54, 1.807) is 7.11 Å². The molecule has 0 atom stereocenters. The van der Waals surface area contributed by atoms with Crippen molar-refractivity contribution in [3.8, 4) is 0 Å². The minimum absolute atomic E-state index is 0.324. The van der Waals surface area contributed by atoms with E-state index >= 15 is 0 Å². The lowest BCUT2D eigenvalue weighted by Gasteiger charge is -2.29. The van der Waals surface area contributed by atoms with Gasteiger partial charge >= 0.3 is 0 Å². The van der Waals surface area contributed by atoms with Crippen LogP contribution in [-0.4, -0.2) is 18.5 Å². The number of carbonyl (C=O) groups excluding carboxylic acids is 1. The van der Waals surface area contributed by atoms with Gasteiger partial charge in [0.1, 0.15) is 5.60 Å². The fourth-order valence-electron chi connectivity index (χ4n) is 2.35. The van der Waals surface area contributed by atoms with E-state index in [0.29, 0.717) is 12.2 Å². The van der Waals surface area contributed by atoms with Crippen LogP contribution >= 0.6 is 0 Å². The van der Waals surface area contributed by atoms with E-state index in [0.717, 1.165) is 32.1 Å². The van der Waals surface area contributed by atoms with Crippen LogP contribution in [0.2, 0.25) is 0 Å². The maximum atomic E-state index is 12.0. The molecule has 2 heteroatoms. The molecule has 0 heterocycles. The molecule has 0 unspecified atom stereocenters. The van der Waals surface area contributed by atoms with Gasteiger partial charge in [0.15, 0.2) is 5.78 Å². The molecule has 2 nitrogen and oxygen atoms in total. The molecule has 0 bridgehead atoms. The van der Waals surface area contributed by atoms with E-state index < -0.39 is 5.60 Å². The van der Waals surface area contributed by atoms with Crippen LogP contribution in [0.3, 0.4) is 0 Å². The SMILES string of the molecule is CCCC(=O)C1(OC)CCCCCC1. The zero-order chi connectivity index (χ0) is 10.4. The van der Waals surface area contributed by atoms with Gasteiger partial charge in [-0.05, 0) is 19.3 Å². The van der Waals surface area contributed by atoms with Crippen molar-refractivity contribution in [1.82, 2.24) is 0 Å². The Balaban J connectivity index is 2.66. The predicted octanol–water partition coefficient (Wildman–Crippen LogP) is 3.10. The van der Waals surface area contributed by atoms with Gasteiger partial charge in [-0.3, -0.25) is 4.79 Å². The molecule has 1 aliphatic rings. The molecular weight excluding hydrogens is 176 g/mol. The summed E-state index contributed by atoms with van der Waals surface area (Å²) in [5.41, 5.74) is -0.424. The lowest BCUT2D eigenvalue weighted by atomic mass is 9.87. The van der Waals surface area contributed by atoms with Crippen molar-refractivity contribution in [2.24, 2.45) is 0 Å². The Morgan fingerprint density at radius 3 is 2.21 bits per heavy atom. The van der Waals surface area contributed by atoms with Gasteiger partial charge in [-0.25, -0.2) is 0 Å². The number of methoxy groups -OCH3 is 1. The van der Waals surface area contributed by atoms with Gasteiger partial charge in [0.2, 0.25) is 0 Å². The molecule has 0 saturated heterocycles. The number of hydrogen-bond donors (Lipinski definition) is 0. The average Bonchev–Trinajstić information content (AvgIpc) is 2.44. The molecule has 0 aromatic heterocycles. The highest BCUT2D eigenvalue weighted by Gasteiger charge is 2.37. The van der Waals surface area contributed by atoms with Crippen LogP contribution in [0.15, 0.2) is 0 Å². The normalized spacial score (nSPS) is 21.6. The number of ether oxygens (including phenoxy) is 1. The van der Waals surface area contributed by atoms with Crippen molar-refractivity contribution in [3.63, 3.8) is 0 Å². The second-order valence-corrected chi connectivity index (χ2v) is 4.29. The third-order valence-electron chi connectivity index (χ3n) is 3.29. The summed E-state index contributed by atoms with van der Waals surface area (Å²) >= 11 is 0. The minimum atomic E-state index is -0.424. The summed E-state index contributed by atoms with van der Waals surface area (Å²) in [6.07, 6.45) is 8.27. The van der Waals surface area contributed by atoms with Crippen LogP contribution in [0.5, 0.6) is 0 Å². The molecule has 82 valence electrons. The molecular formula is C12H22O2. The first-order valence-electron chi connectivity index (χ1n) is 5.83. The average molecular weight is 198 g/mol. The molecule has 14 heavy (non-hydrogen) atoms. The molecule has 0 N–H and O–H groups in total. The second-order valence-electron chi connectivity index (χ2n) is 4.29. The maximum absolute atomic E-state index is 12.0. The first-order chi connectivity index (χ1) is 6.75. The fraction of sp³-hybridized carbons (Fsp3) is 0.917. The summed E-state index contributed by atoms with van der Waals surface area (Å²) in [4.78, 5) is 12.0. The van der Waals surface area contributed by atoms with Crippen molar-refractivity contribution < 1.29 is 9.53 Å². The topological polar surface area (TPSA) is 26.3 Å². The van der Waals surface area contributed by atoms with E-state index in [4.69, 9.17) is 4.74 Å². The summed E-state index contributed by atoms with van der Waals surface area (Å²) in [6, 6.07) is 0. The molecule has 0 aromatic rings. The molecule has 1 rings (SSSR count). The Morgan fingerprint density at radius 1 is 1.21 bits per heavy atom. The van der Waals surface area contributed by atoms with E-state index in [1.165, 1.54) is 12.8 Å². The number of Topliss-reactive ketones (excluding diaryl/α,β-unsaturated/α-hetero) is 1. The van der Waals surface area contributed by atoms with E-state index in [1.807, 2.05) is 0 Å². The van der Waals surface area contributed by atoms with Crippen molar-refractivity contribution in [1.29, 1.82) is 0 Å². The van der Waals surface area contributed by atoms with Gasteiger partial charge in [-0.15, -0.1) is 0 Å². The van der Waals surface area contributed by atoms with E-state index in [-0.39, 0.29) is 0 Å². The molecule has 0 aliphatic heterocycles. The van der Waals surface area contributed by atoms with Crippen molar-refractivity contribution in [2.75, 3.05) is 7.11 Å².